The number of aromatic nitrogens is 1. The number of fused-ring (bicyclic) bond motifs is 1. The first-order valence-corrected chi connectivity index (χ1v) is 8.91. The van der Waals surface area contributed by atoms with E-state index in [4.69, 9.17) is 9.15 Å². The smallest absolute Gasteiger partial charge is 0.139 e. The standard InChI is InChI=1S/C22H20N2O2/c1-2-7-16(8-3-1)21-15-26-22(24(21)14-17-9-6-12-25-17)19-13-23-20-11-5-4-10-18(19)20/h1-13,21-23H,14-15H2. The number of nitrogens with one attached hydrogen (secondary N) is 1. The van der Waals surface area contributed by atoms with E-state index < -0.39 is 0 Å². The summed E-state index contributed by atoms with van der Waals surface area (Å²) in [5.41, 5.74) is 3.57. The van der Waals surface area contributed by atoms with Crippen LogP contribution in [0.25, 0.3) is 10.9 Å². The first-order chi connectivity index (χ1) is 12.9. The van der Waals surface area contributed by atoms with E-state index >= 15 is 0 Å². The van der Waals surface area contributed by atoms with Crippen LogP contribution >= 0.6 is 0 Å². The number of rotatable bonds is 4. The molecular formula is C22H20N2O2. The summed E-state index contributed by atoms with van der Waals surface area (Å²) in [6, 6.07) is 23.1. The third-order valence-electron chi connectivity index (χ3n) is 5.10. The molecule has 1 aliphatic heterocycles. The lowest BCUT2D eigenvalue weighted by Gasteiger charge is -2.27. The maximum atomic E-state index is 6.30. The van der Waals surface area contributed by atoms with E-state index in [-0.39, 0.29) is 12.3 Å². The molecule has 0 saturated carbocycles. The number of aromatic amines is 1. The van der Waals surface area contributed by atoms with E-state index in [0.717, 1.165) is 11.3 Å². The fourth-order valence-electron chi connectivity index (χ4n) is 3.84. The van der Waals surface area contributed by atoms with Crippen molar-refractivity contribution in [1.82, 2.24) is 9.88 Å². The van der Waals surface area contributed by atoms with Crippen molar-refractivity contribution >= 4 is 10.9 Å². The van der Waals surface area contributed by atoms with Crippen LogP contribution in [-0.2, 0) is 11.3 Å². The van der Waals surface area contributed by atoms with Crippen molar-refractivity contribution in [3.63, 3.8) is 0 Å². The first-order valence-electron chi connectivity index (χ1n) is 8.91. The van der Waals surface area contributed by atoms with Crippen LogP contribution in [0.4, 0.5) is 0 Å². The van der Waals surface area contributed by atoms with Gasteiger partial charge in [0.15, 0.2) is 0 Å². The number of furan rings is 1. The van der Waals surface area contributed by atoms with E-state index in [1.54, 1.807) is 6.26 Å². The predicted molar refractivity (Wildman–Crippen MR) is 100 cm³/mol. The van der Waals surface area contributed by atoms with Crippen molar-refractivity contribution in [2.24, 2.45) is 0 Å². The second-order valence-electron chi connectivity index (χ2n) is 6.65. The summed E-state index contributed by atoms with van der Waals surface area (Å²) >= 11 is 0. The highest BCUT2D eigenvalue weighted by atomic mass is 16.5. The lowest BCUT2D eigenvalue weighted by molar-refractivity contribution is 0.0224. The molecule has 0 aliphatic carbocycles. The Hall–Kier alpha value is -2.82. The summed E-state index contributed by atoms with van der Waals surface area (Å²) in [6.45, 7) is 1.37. The minimum Gasteiger partial charge on any atom is -0.468 e. The van der Waals surface area contributed by atoms with Crippen LogP contribution in [0.1, 0.15) is 29.2 Å². The highest BCUT2D eigenvalue weighted by molar-refractivity contribution is 5.83. The molecule has 0 bridgehead atoms. The van der Waals surface area contributed by atoms with Crippen LogP contribution in [-0.4, -0.2) is 16.5 Å². The van der Waals surface area contributed by atoms with Gasteiger partial charge >= 0.3 is 0 Å². The molecule has 0 radical (unpaired) electrons. The molecule has 3 heterocycles. The Bertz CT molecular complexity index is 991. The van der Waals surface area contributed by atoms with Gasteiger partial charge in [-0.2, -0.15) is 0 Å². The van der Waals surface area contributed by atoms with Crippen molar-refractivity contribution in [1.29, 1.82) is 0 Å². The third kappa shape index (κ3) is 2.64. The Morgan fingerprint density at radius 2 is 1.81 bits per heavy atom. The van der Waals surface area contributed by atoms with Gasteiger partial charge in [-0.3, -0.25) is 4.90 Å². The number of benzene rings is 2. The average molecular weight is 344 g/mol. The maximum Gasteiger partial charge on any atom is 0.139 e. The van der Waals surface area contributed by atoms with Gasteiger partial charge in [-0.1, -0.05) is 48.5 Å². The van der Waals surface area contributed by atoms with Crippen LogP contribution in [0, 0.1) is 0 Å². The topological polar surface area (TPSA) is 41.4 Å². The van der Waals surface area contributed by atoms with Gasteiger partial charge in [0.05, 0.1) is 25.5 Å². The van der Waals surface area contributed by atoms with Crippen molar-refractivity contribution in [2.75, 3.05) is 6.61 Å². The Labute approximate surface area is 152 Å². The van der Waals surface area contributed by atoms with E-state index in [1.165, 1.54) is 16.5 Å². The van der Waals surface area contributed by atoms with Crippen LogP contribution in [0.3, 0.4) is 0 Å². The van der Waals surface area contributed by atoms with Crippen LogP contribution in [0.2, 0.25) is 0 Å². The molecule has 4 heteroatoms. The predicted octanol–water partition coefficient (Wildman–Crippen LogP) is 5.03. The molecular weight excluding hydrogens is 324 g/mol. The zero-order valence-corrected chi connectivity index (χ0v) is 14.3. The molecule has 1 aliphatic rings. The second-order valence-corrected chi connectivity index (χ2v) is 6.65. The number of para-hydroxylation sites is 1. The molecule has 4 aromatic rings. The first kappa shape index (κ1) is 15.4. The summed E-state index contributed by atoms with van der Waals surface area (Å²) in [5.74, 6) is 0.946. The van der Waals surface area contributed by atoms with Crippen LogP contribution < -0.4 is 0 Å². The Morgan fingerprint density at radius 1 is 0.962 bits per heavy atom. The monoisotopic (exact) mass is 344 g/mol. The van der Waals surface area contributed by atoms with Crippen molar-refractivity contribution in [3.05, 3.63) is 96.1 Å². The summed E-state index contributed by atoms with van der Waals surface area (Å²) in [6.07, 6.45) is 3.68. The van der Waals surface area contributed by atoms with Gasteiger partial charge < -0.3 is 14.1 Å². The van der Waals surface area contributed by atoms with E-state index in [9.17, 15) is 0 Å². The number of nitrogens with zero attached hydrogens (tertiary/aromatic N) is 1. The molecule has 1 saturated heterocycles. The summed E-state index contributed by atoms with van der Waals surface area (Å²) < 4.78 is 11.9. The lowest BCUT2D eigenvalue weighted by Crippen LogP contribution is -2.26. The summed E-state index contributed by atoms with van der Waals surface area (Å²) in [4.78, 5) is 5.75. The molecule has 2 aromatic carbocycles. The Balaban J connectivity index is 1.55. The second kappa shape index (κ2) is 6.48. The Morgan fingerprint density at radius 3 is 2.65 bits per heavy atom. The van der Waals surface area contributed by atoms with Gasteiger partial charge in [0.25, 0.3) is 0 Å². The van der Waals surface area contributed by atoms with Gasteiger partial charge in [-0.05, 0) is 23.8 Å². The average Bonchev–Trinajstić information content (AvgIpc) is 3.42. The molecule has 1 fully saturated rings. The van der Waals surface area contributed by atoms with Gasteiger partial charge in [0.2, 0.25) is 0 Å². The number of ether oxygens (including phenoxy) is 1. The zero-order chi connectivity index (χ0) is 17.3. The highest BCUT2D eigenvalue weighted by Crippen LogP contribution is 2.41. The molecule has 0 amide bonds. The number of H-pyrrole nitrogens is 1. The fraction of sp³-hybridized carbons (Fsp3) is 0.182. The summed E-state index contributed by atoms with van der Waals surface area (Å²) in [5, 5.41) is 1.20. The maximum absolute atomic E-state index is 6.30. The van der Waals surface area contributed by atoms with Crippen molar-refractivity contribution in [3.8, 4) is 0 Å². The third-order valence-corrected chi connectivity index (χ3v) is 5.10. The Kier molecular flexibility index (Phi) is 3.85. The summed E-state index contributed by atoms with van der Waals surface area (Å²) in [7, 11) is 0. The van der Waals surface area contributed by atoms with E-state index in [2.05, 4.69) is 58.5 Å². The quantitative estimate of drug-likeness (QED) is 0.564. The molecule has 1 N–H and O–H groups in total. The van der Waals surface area contributed by atoms with Crippen LogP contribution in [0.5, 0.6) is 0 Å². The van der Waals surface area contributed by atoms with Gasteiger partial charge in [-0.25, -0.2) is 0 Å². The largest absolute Gasteiger partial charge is 0.468 e. The van der Waals surface area contributed by atoms with Crippen LogP contribution in [0.15, 0.2) is 83.6 Å². The number of hydrogen-bond donors (Lipinski definition) is 1. The van der Waals surface area contributed by atoms with E-state index in [0.29, 0.717) is 13.2 Å². The molecule has 26 heavy (non-hydrogen) atoms. The van der Waals surface area contributed by atoms with E-state index in [1.807, 2.05) is 24.3 Å². The molecule has 2 aromatic heterocycles. The van der Waals surface area contributed by atoms with Gasteiger partial charge in [0.1, 0.15) is 12.0 Å². The normalized spacial score (nSPS) is 20.8. The minimum absolute atomic E-state index is 0.110. The van der Waals surface area contributed by atoms with Gasteiger partial charge in [-0.15, -0.1) is 0 Å². The zero-order valence-electron chi connectivity index (χ0n) is 14.3. The molecule has 130 valence electrons. The van der Waals surface area contributed by atoms with Gasteiger partial charge in [0, 0.05) is 22.7 Å². The highest BCUT2D eigenvalue weighted by Gasteiger charge is 2.37. The fourth-order valence-corrected chi connectivity index (χ4v) is 3.84. The molecule has 2 unspecified atom stereocenters. The molecule has 5 rings (SSSR count). The molecule has 2 atom stereocenters. The minimum atomic E-state index is -0.110. The molecule has 4 nitrogen and oxygen atoms in total. The van der Waals surface area contributed by atoms with Crippen molar-refractivity contribution in [2.45, 2.75) is 18.8 Å². The molecule has 0 spiro atoms. The number of hydrogen-bond acceptors (Lipinski definition) is 3. The SMILES string of the molecule is c1ccc(C2COC(c3c[nH]c4ccccc34)N2Cc2ccco2)cc1. The van der Waals surface area contributed by atoms with Crippen molar-refractivity contribution < 1.29 is 9.15 Å². The lowest BCUT2D eigenvalue weighted by atomic mass is 10.1.